The number of likely N-dealkylation sites (tertiary alicyclic amines) is 1. The Kier molecular flexibility index (Phi) is 8.09. The molecule has 1 N–H and O–H groups in total. The molecular formula is C30H35N3O5S. The molecule has 9 heteroatoms. The number of sulfonamides is 1. The molecule has 2 heterocycles. The van der Waals surface area contributed by atoms with Crippen molar-refractivity contribution in [1.29, 1.82) is 0 Å². The SMILES string of the molecule is COc1ccc(S(=O)(=O)N2C[C@@H](C(=O)NCc3cccc(CN4CCCCC4)c3)Oc3cc(C)ccc32)cc1. The van der Waals surface area contributed by atoms with E-state index in [2.05, 4.69) is 22.3 Å². The number of carbonyl (C=O) groups is 1. The second-order valence-corrected chi connectivity index (χ2v) is 12.0. The Morgan fingerprint density at radius 2 is 1.74 bits per heavy atom. The van der Waals surface area contributed by atoms with Crippen molar-refractivity contribution >= 4 is 21.6 Å². The van der Waals surface area contributed by atoms with Crippen molar-refractivity contribution in [2.45, 2.75) is 50.3 Å². The van der Waals surface area contributed by atoms with Crippen LogP contribution in [0, 0.1) is 6.92 Å². The Morgan fingerprint density at radius 1 is 1.00 bits per heavy atom. The normalized spacial score (nSPS) is 17.7. The van der Waals surface area contributed by atoms with Crippen LogP contribution in [0.1, 0.15) is 36.0 Å². The fraction of sp³-hybridized carbons (Fsp3) is 0.367. The quantitative estimate of drug-likeness (QED) is 0.452. The summed E-state index contributed by atoms with van der Waals surface area (Å²) in [4.78, 5) is 15.9. The van der Waals surface area contributed by atoms with Crippen LogP contribution in [0.4, 0.5) is 5.69 Å². The van der Waals surface area contributed by atoms with Crippen molar-refractivity contribution in [3.05, 3.63) is 83.4 Å². The summed E-state index contributed by atoms with van der Waals surface area (Å²) < 4.78 is 39.8. The van der Waals surface area contributed by atoms with Crippen LogP contribution in [-0.4, -0.2) is 52.1 Å². The fourth-order valence-corrected chi connectivity index (χ4v) is 6.59. The number of nitrogens with one attached hydrogen (secondary N) is 1. The zero-order valence-electron chi connectivity index (χ0n) is 22.4. The van der Waals surface area contributed by atoms with Crippen LogP contribution in [0.25, 0.3) is 0 Å². The molecule has 206 valence electrons. The van der Waals surface area contributed by atoms with Gasteiger partial charge in [-0.15, -0.1) is 0 Å². The maximum absolute atomic E-state index is 13.7. The van der Waals surface area contributed by atoms with Crippen LogP contribution >= 0.6 is 0 Å². The minimum absolute atomic E-state index is 0.112. The average Bonchev–Trinajstić information content (AvgIpc) is 2.96. The van der Waals surface area contributed by atoms with Crippen LogP contribution < -0.4 is 19.1 Å². The smallest absolute Gasteiger partial charge is 0.264 e. The molecule has 0 unspecified atom stereocenters. The molecule has 0 radical (unpaired) electrons. The molecular weight excluding hydrogens is 514 g/mol. The minimum atomic E-state index is -3.95. The van der Waals surface area contributed by atoms with Crippen molar-refractivity contribution in [2.24, 2.45) is 0 Å². The summed E-state index contributed by atoms with van der Waals surface area (Å²) in [5, 5.41) is 2.96. The van der Waals surface area contributed by atoms with E-state index in [1.165, 1.54) is 48.4 Å². The van der Waals surface area contributed by atoms with Crippen molar-refractivity contribution in [1.82, 2.24) is 10.2 Å². The van der Waals surface area contributed by atoms with Gasteiger partial charge in [-0.25, -0.2) is 8.42 Å². The molecule has 0 bridgehead atoms. The van der Waals surface area contributed by atoms with Crippen LogP contribution in [-0.2, 0) is 27.9 Å². The molecule has 39 heavy (non-hydrogen) atoms. The van der Waals surface area contributed by atoms with Crippen LogP contribution in [0.2, 0.25) is 0 Å². The molecule has 8 nitrogen and oxygen atoms in total. The highest BCUT2D eigenvalue weighted by Gasteiger charge is 2.37. The molecule has 2 aliphatic rings. The molecule has 5 rings (SSSR count). The molecule has 1 saturated heterocycles. The van der Waals surface area contributed by atoms with E-state index in [9.17, 15) is 13.2 Å². The molecule has 1 amide bonds. The number of methoxy groups -OCH3 is 1. The predicted molar refractivity (Wildman–Crippen MR) is 151 cm³/mol. The van der Waals surface area contributed by atoms with Crippen LogP contribution in [0.15, 0.2) is 71.6 Å². The first kappa shape index (κ1) is 27.0. The van der Waals surface area contributed by atoms with Crippen molar-refractivity contribution in [3.63, 3.8) is 0 Å². The number of rotatable bonds is 8. The van der Waals surface area contributed by atoms with E-state index < -0.39 is 16.1 Å². The Hall–Kier alpha value is -3.56. The largest absolute Gasteiger partial charge is 0.497 e. The standard InChI is InChI=1S/C30H35N3O5S/c1-22-9-14-27-28(17-22)38-29(21-33(27)39(35,36)26-12-10-25(37-2)11-13-26)30(34)31-19-23-7-6-8-24(18-23)20-32-15-4-3-5-16-32/h6-14,17-18,29H,3-5,15-16,19-21H2,1-2H3,(H,31,34)/t29-/m0/s1. The highest BCUT2D eigenvalue weighted by atomic mass is 32.2. The van der Waals surface area contributed by atoms with Gasteiger partial charge in [0.15, 0.2) is 6.10 Å². The van der Waals surface area contributed by atoms with Crippen LogP contribution in [0.5, 0.6) is 11.5 Å². The van der Waals surface area contributed by atoms with E-state index >= 15 is 0 Å². The maximum Gasteiger partial charge on any atom is 0.264 e. The van der Waals surface area contributed by atoms with E-state index in [0.29, 0.717) is 23.7 Å². The van der Waals surface area contributed by atoms with Crippen molar-refractivity contribution in [3.8, 4) is 11.5 Å². The lowest BCUT2D eigenvalue weighted by atomic mass is 10.1. The molecule has 1 atom stereocenters. The monoisotopic (exact) mass is 549 g/mol. The number of hydrogen-bond donors (Lipinski definition) is 1. The molecule has 1 fully saturated rings. The number of ether oxygens (including phenoxy) is 2. The molecule has 0 spiro atoms. The lowest BCUT2D eigenvalue weighted by Crippen LogP contribution is -2.50. The number of nitrogens with zero attached hydrogens (tertiary/aromatic N) is 2. The number of carbonyl (C=O) groups excluding carboxylic acids is 1. The van der Waals surface area contributed by atoms with Gasteiger partial charge in [-0.05, 0) is 85.9 Å². The second-order valence-electron chi connectivity index (χ2n) is 10.2. The van der Waals surface area contributed by atoms with Gasteiger partial charge in [0.05, 0.1) is 24.2 Å². The van der Waals surface area contributed by atoms with Gasteiger partial charge in [-0.2, -0.15) is 0 Å². The summed E-state index contributed by atoms with van der Waals surface area (Å²) in [6.07, 6.45) is 2.79. The average molecular weight is 550 g/mol. The first-order valence-electron chi connectivity index (χ1n) is 13.4. The van der Waals surface area contributed by atoms with Gasteiger partial charge < -0.3 is 14.8 Å². The number of amides is 1. The summed E-state index contributed by atoms with van der Waals surface area (Å²) in [6, 6.07) is 19.8. The first-order valence-corrected chi connectivity index (χ1v) is 14.8. The van der Waals surface area contributed by atoms with Crippen molar-refractivity contribution in [2.75, 3.05) is 31.0 Å². The summed E-state index contributed by atoms with van der Waals surface area (Å²) in [5.41, 5.74) is 3.53. The van der Waals surface area contributed by atoms with Gasteiger partial charge >= 0.3 is 0 Å². The molecule has 3 aromatic carbocycles. The number of piperidine rings is 1. The van der Waals surface area contributed by atoms with Crippen LogP contribution in [0.3, 0.4) is 0 Å². The number of hydrogen-bond acceptors (Lipinski definition) is 6. The Balaban J connectivity index is 1.31. The van der Waals surface area contributed by atoms with Gasteiger partial charge in [0.25, 0.3) is 15.9 Å². The number of anilines is 1. The fourth-order valence-electron chi connectivity index (χ4n) is 5.12. The summed E-state index contributed by atoms with van der Waals surface area (Å²) in [5.74, 6) is 0.560. The summed E-state index contributed by atoms with van der Waals surface area (Å²) in [7, 11) is -2.43. The number of aryl methyl sites for hydroxylation is 1. The van der Waals surface area contributed by atoms with E-state index in [1.54, 1.807) is 24.3 Å². The third kappa shape index (κ3) is 6.20. The highest BCUT2D eigenvalue weighted by Crippen LogP contribution is 2.38. The first-order chi connectivity index (χ1) is 18.8. The number of benzene rings is 3. The van der Waals surface area contributed by atoms with Gasteiger partial charge in [-0.3, -0.25) is 14.0 Å². The van der Waals surface area contributed by atoms with E-state index in [-0.39, 0.29) is 17.3 Å². The van der Waals surface area contributed by atoms with E-state index in [4.69, 9.17) is 9.47 Å². The molecule has 0 aliphatic carbocycles. The Labute approximate surface area is 230 Å². The summed E-state index contributed by atoms with van der Waals surface area (Å²) >= 11 is 0. The third-order valence-electron chi connectivity index (χ3n) is 7.24. The molecule has 0 saturated carbocycles. The van der Waals surface area contributed by atoms with Gasteiger partial charge in [-0.1, -0.05) is 36.8 Å². The van der Waals surface area contributed by atoms with E-state index in [1.807, 2.05) is 25.1 Å². The van der Waals surface area contributed by atoms with Gasteiger partial charge in [0.2, 0.25) is 0 Å². The molecule has 0 aromatic heterocycles. The van der Waals surface area contributed by atoms with Crippen molar-refractivity contribution < 1.29 is 22.7 Å². The number of fused-ring (bicyclic) bond motifs is 1. The van der Waals surface area contributed by atoms with Gasteiger partial charge in [0, 0.05) is 13.1 Å². The zero-order valence-corrected chi connectivity index (χ0v) is 23.2. The molecule has 3 aromatic rings. The summed E-state index contributed by atoms with van der Waals surface area (Å²) in [6.45, 7) is 5.24. The predicted octanol–water partition coefficient (Wildman–Crippen LogP) is 4.26. The lowest BCUT2D eigenvalue weighted by Gasteiger charge is -2.35. The third-order valence-corrected chi connectivity index (χ3v) is 9.03. The van der Waals surface area contributed by atoms with E-state index in [0.717, 1.165) is 30.8 Å². The lowest BCUT2D eigenvalue weighted by molar-refractivity contribution is -0.127. The maximum atomic E-state index is 13.7. The zero-order chi connectivity index (χ0) is 27.4. The molecule has 2 aliphatic heterocycles. The highest BCUT2D eigenvalue weighted by molar-refractivity contribution is 7.92. The Morgan fingerprint density at radius 3 is 2.49 bits per heavy atom. The second kappa shape index (κ2) is 11.7. The topological polar surface area (TPSA) is 88.2 Å². The van der Waals surface area contributed by atoms with Gasteiger partial charge in [0.1, 0.15) is 11.5 Å². The Bertz CT molecular complexity index is 1420. The minimum Gasteiger partial charge on any atom is -0.497 e.